The SMILES string of the molecule is O=c1cc(CN2CC(O)C(F)C2)[nH]c2ccc(Cl)cc12. The minimum absolute atomic E-state index is 0.118. The van der Waals surface area contributed by atoms with E-state index in [9.17, 15) is 14.3 Å². The number of aliphatic hydroxyl groups is 1. The van der Waals surface area contributed by atoms with Gasteiger partial charge < -0.3 is 10.1 Å². The Balaban J connectivity index is 1.90. The van der Waals surface area contributed by atoms with E-state index >= 15 is 0 Å². The molecule has 0 radical (unpaired) electrons. The Kier molecular flexibility index (Phi) is 3.50. The van der Waals surface area contributed by atoms with E-state index < -0.39 is 12.3 Å². The predicted octanol–water partition coefficient (Wildman–Crippen LogP) is 1.70. The molecule has 0 saturated carbocycles. The first-order chi connectivity index (χ1) is 9.52. The van der Waals surface area contributed by atoms with E-state index in [1.54, 1.807) is 23.1 Å². The molecule has 20 heavy (non-hydrogen) atoms. The van der Waals surface area contributed by atoms with Crippen LogP contribution < -0.4 is 5.43 Å². The number of aromatic nitrogens is 1. The second kappa shape index (κ2) is 5.16. The van der Waals surface area contributed by atoms with Crippen LogP contribution in [0.1, 0.15) is 5.69 Å². The van der Waals surface area contributed by atoms with Crippen molar-refractivity contribution in [1.29, 1.82) is 0 Å². The number of H-pyrrole nitrogens is 1. The highest BCUT2D eigenvalue weighted by Gasteiger charge is 2.31. The first kappa shape index (κ1) is 13.5. The Bertz CT molecular complexity index is 693. The lowest BCUT2D eigenvalue weighted by atomic mass is 10.2. The molecule has 2 atom stereocenters. The highest BCUT2D eigenvalue weighted by Crippen LogP contribution is 2.18. The fourth-order valence-electron chi connectivity index (χ4n) is 2.55. The number of nitrogens with one attached hydrogen (secondary N) is 1. The molecule has 0 aliphatic carbocycles. The maximum Gasteiger partial charge on any atom is 0.189 e. The number of aliphatic hydroxyl groups excluding tert-OH is 1. The Morgan fingerprint density at radius 3 is 2.90 bits per heavy atom. The molecule has 106 valence electrons. The number of pyridine rings is 1. The molecule has 4 nitrogen and oxygen atoms in total. The van der Waals surface area contributed by atoms with Crippen LogP contribution in [-0.4, -0.2) is 40.4 Å². The van der Waals surface area contributed by atoms with Crippen molar-refractivity contribution in [2.45, 2.75) is 18.8 Å². The third kappa shape index (κ3) is 2.57. The number of hydrogen-bond donors (Lipinski definition) is 2. The van der Waals surface area contributed by atoms with Crippen molar-refractivity contribution < 1.29 is 9.50 Å². The number of β-amino-alcohol motifs (C(OH)–C–C–N with tert-alkyl or cyclic N) is 1. The molecule has 6 heteroatoms. The molecule has 0 spiro atoms. The van der Waals surface area contributed by atoms with Gasteiger partial charge in [0.2, 0.25) is 0 Å². The summed E-state index contributed by atoms with van der Waals surface area (Å²) in [5.41, 5.74) is 1.28. The third-order valence-corrected chi connectivity index (χ3v) is 3.77. The lowest BCUT2D eigenvalue weighted by Gasteiger charge is -2.14. The van der Waals surface area contributed by atoms with Crippen molar-refractivity contribution in [3.05, 3.63) is 45.2 Å². The van der Waals surface area contributed by atoms with E-state index in [1.807, 2.05) is 0 Å². The summed E-state index contributed by atoms with van der Waals surface area (Å²) < 4.78 is 13.3. The quantitative estimate of drug-likeness (QED) is 0.887. The largest absolute Gasteiger partial charge is 0.389 e. The average molecular weight is 297 g/mol. The summed E-state index contributed by atoms with van der Waals surface area (Å²) in [6.07, 6.45) is -2.16. The number of rotatable bonds is 2. The topological polar surface area (TPSA) is 56.3 Å². The van der Waals surface area contributed by atoms with Gasteiger partial charge in [0.05, 0.1) is 6.10 Å². The van der Waals surface area contributed by atoms with Crippen LogP contribution >= 0.6 is 11.6 Å². The van der Waals surface area contributed by atoms with Crippen molar-refractivity contribution >= 4 is 22.5 Å². The molecule has 3 rings (SSSR count). The van der Waals surface area contributed by atoms with Gasteiger partial charge in [-0.1, -0.05) is 11.6 Å². The highest BCUT2D eigenvalue weighted by atomic mass is 35.5. The summed E-state index contributed by atoms with van der Waals surface area (Å²) in [7, 11) is 0. The van der Waals surface area contributed by atoms with Crippen molar-refractivity contribution in [3.63, 3.8) is 0 Å². The molecule has 1 aliphatic rings. The van der Waals surface area contributed by atoms with Crippen LogP contribution in [0.15, 0.2) is 29.1 Å². The Morgan fingerprint density at radius 1 is 1.40 bits per heavy atom. The summed E-state index contributed by atoms with van der Waals surface area (Å²) in [5.74, 6) is 0. The fourth-order valence-corrected chi connectivity index (χ4v) is 2.72. The van der Waals surface area contributed by atoms with Gasteiger partial charge in [0.25, 0.3) is 0 Å². The van der Waals surface area contributed by atoms with Crippen molar-refractivity contribution in [2.75, 3.05) is 13.1 Å². The second-order valence-electron chi connectivity index (χ2n) is 5.13. The summed E-state index contributed by atoms with van der Waals surface area (Å²) in [6.45, 7) is 0.870. The molecular formula is C14H14ClFN2O2. The lowest BCUT2D eigenvalue weighted by molar-refractivity contribution is 0.115. The number of benzene rings is 1. The molecule has 2 unspecified atom stereocenters. The number of hydrogen-bond acceptors (Lipinski definition) is 3. The van der Waals surface area contributed by atoms with Crippen LogP contribution in [0.2, 0.25) is 5.02 Å². The van der Waals surface area contributed by atoms with E-state index in [2.05, 4.69) is 4.98 Å². The molecule has 1 aliphatic heterocycles. The van der Waals surface area contributed by atoms with Gasteiger partial charge in [-0.2, -0.15) is 0 Å². The zero-order valence-corrected chi connectivity index (χ0v) is 11.4. The molecule has 1 fully saturated rings. The smallest absolute Gasteiger partial charge is 0.189 e. The minimum Gasteiger partial charge on any atom is -0.389 e. The van der Waals surface area contributed by atoms with E-state index in [1.165, 1.54) is 6.07 Å². The summed E-state index contributed by atoms with van der Waals surface area (Å²) in [4.78, 5) is 17.0. The molecule has 2 N–H and O–H groups in total. The number of fused-ring (bicyclic) bond motifs is 1. The van der Waals surface area contributed by atoms with Gasteiger partial charge in [-0.15, -0.1) is 0 Å². The van der Waals surface area contributed by atoms with Gasteiger partial charge in [0.15, 0.2) is 5.43 Å². The molecule has 1 aromatic carbocycles. The number of aromatic amines is 1. The fraction of sp³-hybridized carbons (Fsp3) is 0.357. The maximum atomic E-state index is 13.3. The van der Waals surface area contributed by atoms with Crippen molar-refractivity contribution in [3.8, 4) is 0 Å². The number of likely N-dealkylation sites (tertiary alicyclic amines) is 1. The number of halogens is 2. The maximum absolute atomic E-state index is 13.3. The van der Waals surface area contributed by atoms with Gasteiger partial charge in [0.1, 0.15) is 6.17 Å². The van der Waals surface area contributed by atoms with Crippen LogP contribution in [0.5, 0.6) is 0 Å². The monoisotopic (exact) mass is 296 g/mol. The molecule has 0 amide bonds. The van der Waals surface area contributed by atoms with Gasteiger partial charge in [0, 0.05) is 47.3 Å². The Labute approximate surface area is 119 Å². The zero-order valence-electron chi connectivity index (χ0n) is 10.6. The molecule has 0 bridgehead atoms. The molecule has 1 aromatic heterocycles. The standard InChI is InChI=1S/C14H14ClFN2O2/c15-8-1-2-12-10(3-8)13(19)4-9(17-12)5-18-6-11(16)14(20)7-18/h1-4,11,14,20H,5-7H2,(H,17,19). The Morgan fingerprint density at radius 2 is 2.20 bits per heavy atom. The van der Waals surface area contributed by atoms with Crippen LogP contribution in [0.4, 0.5) is 4.39 Å². The van der Waals surface area contributed by atoms with Crippen molar-refractivity contribution in [1.82, 2.24) is 9.88 Å². The van der Waals surface area contributed by atoms with E-state index in [4.69, 9.17) is 11.6 Å². The van der Waals surface area contributed by atoms with E-state index in [-0.39, 0.29) is 18.5 Å². The Hall–Kier alpha value is -1.43. The van der Waals surface area contributed by atoms with Gasteiger partial charge >= 0.3 is 0 Å². The molecule has 2 heterocycles. The molecule has 2 aromatic rings. The van der Waals surface area contributed by atoms with Crippen LogP contribution in [0.3, 0.4) is 0 Å². The van der Waals surface area contributed by atoms with Crippen LogP contribution in [0, 0.1) is 0 Å². The second-order valence-corrected chi connectivity index (χ2v) is 5.56. The third-order valence-electron chi connectivity index (χ3n) is 3.54. The zero-order chi connectivity index (χ0) is 14.3. The normalized spacial score (nSPS) is 23.6. The number of alkyl halides is 1. The van der Waals surface area contributed by atoms with E-state index in [0.29, 0.717) is 28.2 Å². The predicted molar refractivity (Wildman–Crippen MR) is 75.8 cm³/mol. The van der Waals surface area contributed by atoms with Gasteiger partial charge in [-0.25, -0.2) is 4.39 Å². The molecule has 1 saturated heterocycles. The van der Waals surface area contributed by atoms with Crippen molar-refractivity contribution in [2.24, 2.45) is 0 Å². The highest BCUT2D eigenvalue weighted by molar-refractivity contribution is 6.31. The van der Waals surface area contributed by atoms with E-state index in [0.717, 1.165) is 0 Å². The van der Waals surface area contributed by atoms with Gasteiger partial charge in [-0.3, -0.25) is 9.69 Å². The minimum atomic E-state index is -1.22. The summed E-state index contributed by atoms with van der Waals surface area (Å²) in [5, 5.41) is 10.4. The van der Waals surface area contributed by atoms with Crippen LogP contribution in [0.25, 0.3) is 10.9 Å². The van der Waals surface area contributed by atoms with Crippen LogP contribution in [-0.2, 0) is 6.54 Å². The lowest BCUT2D eigenvalue weighted by Crippen LogP contribution is -2.23. The summed E-state index contributed by atoms with van der Waals surface area (Å²) in [6, 6.07) is 6.58. The number of nitrogens with zero attached hydrogens (tertiary/aromatic N) is 1. The first-order valence-corrected chi connectivity index (χ1v) is 6.76. The molecular weight excluding hydrogens is 283 g/mol. The average Bonchev–Trinajstić information content (AvgIpc) is 2.69. The first-order valence-electron chi connectivity index (χ1n) is 6.39. The van der Waals surface area contributed by atoms with Gasteiger partial charge in [-0.05, 0) is 18.2 Å². The summed E-state index contributed by atoms with van der Waals surface area (Å²) >= 11 is 5.87.